The summed E-state index contributed by atoms with van der Waals surface area (Å²) in [4.78, 5) is 30.2. The molecule has 0 radical (unpaired) electrons. The number of benzene rings is 1. The topological polar surface area (TPSA) is 206 Å². The summed E-state index contributed by atoms with van der Waals surface area (Å²) in [6.45, 7) is 5.08. The van der Waals surface area contributed by atoms with Gasteiger partial charge in [0.05, 0.1) is 17.2 Å². The highest BCUT2D eigenvalue weighted by Gasteiger charge is 2.86. The van der Waals surface area contributed by atoms with Crippen LogP contribution in [0.3, 0.4) is 0 Å². The lowest BCUT2D eigenvalue weighted by atomic mass is 9.58. The molecule has 2 fully saturated rings. The molecule has 0 bridgehead atoms. The van der Waals surface area contributed by atoms with Gasteiger partial charge in [-0.15, -0.1) is 0 Å². The molecule has 12 heteroatoms. The van der Waals surface area contributed by atoms with Gasteiger partial charge in [-0.3, -0.25) is 14.5 Å². The highest BCUT2D eigenvalue weighted by Crippen LogP contribution is 2.67. The number of aromatic hydroxyl groups is 1. The summed E-state index contributed by atoms with van der Waals surface area (Å²) in [6, 6.07) is 0.958. The molecule has 1 saturated heterocycles. The first kappa shape index (κ1) is 30.3. The second kappa shape index (κ2) is 9.17. The van der Waals surface area contributed by atoms with E-state index in [1.165, 1.54) is 0 Å². The van der Waals surface area contributed by atoms with Crippen LogP contribution in [0.1, 0.15) is 50.3 Å². The molecule has 0 aromatic heterocycles. The van der Waals surface area contributed by atoms with E-state index in [1.54, 1.807) is 39.8 Å². The number of ketones is 1. The Morgan fingerprint density at radius 3 is 2.31 bits per heavy atom. The fourth-order valence-electron chi connectivity index (χ4n) is 7.98. The van der Waals surface area contributed by atoms with Crippen LogP contribution in [0.5, 0.6) is 5.75 Å². The minimum atomic E-state index is -2.44. The van der Waals surface area contributed by atoms with Crippen molar-refractivity contribution in [3.8, 4) is 5.75 Å². The Hall–Kier alpha value is -3.16. The molecule has 230 valence electrons. The van der Waals surface area contributed by atoms with Crippen LogP contribution in [0.4, 0.5) is 5.69 Å². The third-order valence-electron chi connectivity index (χ3n) is 9.20. The number of ether oxygens (including phenoxy) is 1. The van der Waals surface area contributed by atoms with Crippen LogP contribution >= 0.6 is 0 Å². The summed E-state index contributed by atoms with van der Waals surface area (Å²) < 4.78 is 5.71. The number of aliphatic hydroxyl groups is 4. The van der Waals surface area contributed by atoms with Gasteiger partial charge < -0.3 is 46.6 Å². The zero-order chi connectivity index (χ0) is 31.5. The average Bonchev–Trinajstić information content (AvgIpc) is 3.44. The van der Waals surface area contributed by atoms with E-state index in [1.807, 2.05) is 25.1 Å². The van der Waals surface area contributed by atoms with Crippen molar-refractivity contribution in [2.75, 3.05) is 33.1 Å². The number of carbonyl (C=O) groups excluding carboxylic acids is 2. The maximum atomic E-state index is 14.3. The number of nitrogens with zero attached hydrogens (tertiary/aromatic N) is 2. The molecule has 5 rings (SSSR count). The van der Waals surface area contributed by atoms with Crippen LogP contribution in [0.25, 0.3) is 5.76 Å². The van der Waals surface area contributed by atoms with Gasteiger partial charge in [-0.05, 0) is 83.7 Å². The summed E-state index contributed by atoms with van der Waals surface area (Å²) in [6.07, 6.45) is 0.913. The number of primary amides is 1. The normalized spacial score (nSPS) is 31.7. The average molecular weight is 587 g/mol. The van der Waals surface area contributed by atoms with E-state index in [9.17, 15) is 35.1 Å². The summed E-state index contributed by atoms with van der Waals surface area (Å²) in [5.41, 5.74) is 9.47. The highest BCUT2D eigenvalue weighted by atomic mass is 16.8. The minimum absolute atomic E-state index is 0.0125. The number of amides is 1. The van der Waals surface area contributed by atoms with Gasteiger partial charge in [-0.25, -0.2) is 0 Å². The first-order valence-corrected chi connectivity index (χ1v) is 14.1. The van der Waals surface area contributed by atoms with Crippen molar-refractivity contribution in [1.82, 2.24) is 4.90 Å². The van der Waals surface area contributed by atoms with Crippen LogP contribution in [-0.4, -0.2) is 98.9 Å². The number of phenolic OH excluding ortho intramolecular Hbond substituents is 1. The number of hydrogen-bond donors (Lipinski definition) is 7. The molecule has 12 nitrogen and oxygen atoms in total. The van der Waals surface area contributed by atoms with E-state index in [-0.39, 0.29) is 42.6 Å². The Balaban J connectivity index is 1.68. The fraction of sp³-hybridized carbons (Fsp3) is 0.600. The maximum Gasteiger partial charge on any atom is 0.253 e. The maximum absolute atomic E-state index is 14.3. The Labute approximate surface area is 244 Å². The van der Waals surface area contributed by atoms with Crippen molar-refractivity contribution in [2.24, 2.45) is 23.3 Å². The monoisotopic (exact) mass is 586 g/mol. The third-order valence-corrected chi connectivity index (χ3v) is 9.20. The molecule has 1 saturated carbocycles. The van der Waals surface area contributed by atoms with Gasteiger partial charge in [0.15, 0.2) is 5.60 Å². The Morgan fingerprint density at radius 2 is 1.79 bits per heavy atom. The predicted octanol–water partition coefficient (Wildman–Crippen LogP) is 0.608. The van der Waals surface area contributed by atoms with E-state index >= 15 is 0 Å². The zero-order valence-electron chi connectivity index (χ0n) is 25.1. The first-order chi connectivity index (χ1) is 19.2. The van der Waals surface area contributed by atoms with E-state index in [0.29, 0.717) is 11.1 Å². The molecule has 9 N–H and O–H groups in total. The number of likely N-dealkylation sites (N-methyl/N-ethyl adjacent to an activating group) is 1. The zero-order valence-corrected chi connectivity index (χ0v) is 25.1. The Kier molecular flexibility index (Phi) is 6.62. The van der Waals surface area contributed by atoms with Gasteiger partial charge >= 0.3 is 0 Å². The van der Waals surface area contributed by atoms with Crippen molar-refractivity contribution < 1.29 is 39.9 Å². The molecule has 1 heterocycles. The molecule has 6 atom stereocenters. The van der Waals surface area contributed by atoms with E-state index < -0.39 is 69.2 Å². The van der Waals surface area contributed by atoms with Gasteiger partial charge in [-0.1, -0.05) is 0 Å². The molecule has 1 aliphatic heterocycles. The fourth-order valence-corrected chi connectivity index (χ4v) is 7.98. The van der Waals surface area contributed by atoms with Crippen LogP contribution in [0.2, 0.25) is 0 Å². The van der Waals surface area contributed by atoms with Crippen molar-refractivity contribution in [3.05, 3.63) is 39.7 Å². The lowest BCUT2D eigenvalue weighted by Gasteiger charge is -2.46. The lowest BCUT2D eigenvalue weighted by Crippen LogP contribution is -2.60. The second-order valence-corrected chi connectivity index (χ2v) is 13.8. The number of fused-ring (bicyclic) bond motifs is 2. The number of hydrogen-bond acceptors (Lipinski definition) is 11. The quantitative estimate of drug-likeness (QED) is 0.220. The van der Waals surface area contributed by atoms with E-state index in [4.69, 9.17) is 16.2 Å². The highest BCUT2D eigenvalue weighted by molar-refractivity contribution is 6.14. The molecular formula is C30H42N4O8. The summed E-state index contributed by atoms with van der Waals surface area (Å²) in [5, 5.41) is 56.2. The molecule has 1 aromatic rings. The molecule has 2 unspecified atom stereocenters. The largest absolute Gasteiger partial charge is 0.510 e. The van der Waals surface area contributed by atoms with Crippen molar-refractivity contribution in [3.63, 3.8) is 0 Å². The standard InChI is InChI=1S/C30H42N4O8/c1-27(2,40)12-28(3,32)11-14-10-17(33(4)5)15-8-13-9-16-21(34(6)7)24(37)20(26(31)39)30(41)29(16,42-30)25(38)18(13)23(36)19(15)22(14)35/h10,13,16,21,35-37,40-41H,8-9,11-12,32H2,1-7H3,(H2,31,39)/t13-,16-,21-,28?,29-,30?/m0/s1. The van der Waals surface area contributed by atoms with Crippen molar-refractivity contribution >= 4 is 23.1 Å². The van der Waals surface area contributed by atoms with Gasteiger partial charge in [0.2, 0.25) is 11.6 Å². The van der Waals surface area contributed by atoms with Crippen LogP contribution in [0, 0.1) is 11.8 Å². The van der Waals surface area contributed by atoms with Gasteiger partial charge in [0.1, 0.15) is 22.8 Å². The SMILES string of the molecule is CN(C)c1cc(CC(C)(N)CC(C)(C)O)c(O)c2c1C[C@H]1C[C@H]3[C@H](N(C)C)C(O)=C(C(N)=O)C4(O)O[C@]34C(=O)C1=C2O. The van der Waals surface area contributed by atoms with E-state index in [0.717, 1.165) is 5.69 Å². The molecule has 42 heavy (non-hydrogen) atoms. The molecule has 1 amide bonds. The number of rotatable bonds is 7. The second-order valence-electron chi connectivity index (χ2n) is 13.8. The van der Waals surface area contributed by atoms with Gasteiger partial charge in [0.25, 0.3) is 5.91 Å². The van der Waals surface area contributed by atoms with Crippen molar-refractivity contribution in [1.29, 1.82) is 0 Å². The van der Waals surface area contributed by atoms with Gasteiger partial charge in [0, 0.05) is 36.8 Å². The molecule has 4 aliphatic rings. The molecule has 1 aromatic carbocycles. The summed E-state index contributed by atoms with van der Waals surface area (Å²) in [5.74, 6) is -6.65. The lowest BCUT2D eigenvalue weighted by molar-refractivity contribution is -0.127. The number of anilines is 1. The first-order valence-electron chi connectivity index (χ1n) is 14.1. The van der Waals surface area contributed by atoms with Crippen LogP contribution in [0.15, 0.2) is 23.0 Å². The number of epoxide rings is 1. The van der Waals surface area contributed by atoms with Crippen LogP contribution in [-0.2, 0) is 27.2 Å². The van der Waals surface area contributed by atoms with Gasteiger partial charge in [-0.2, -0.15) is 0 Å². The molecular weight excluding hydrogens is 544 g/mol. The Morgan fingerprint density at radius 1 is 1.17 bits per heavy atom. The number of Topliss-reactive ketones (excluding diaryl/α,β-unsaturated/α-hetero) is 1. The molecule has 1 spiro atoms. The number of phenols is 1. The predicted molar refractivity (Wildman–Crippen MR) is 155 cm³/mol. The van der Waals surface area contributed by atoms with E-state index in [2.05, 4.69) is 0 Å². The third kappa shape index (κ3) is 4.15. The number of carbonyl (C=O) groups is 2. The summed E-state index contributed by atoms with van der Waals surface area (Å²) in [7, 11) is 7.02. The summed E-state index contributed by atoms with van der Waals surface area (Å²) >= 11 is 0. The Bertz CT molecular complexity index is 1460. The number of nitrogens with two attached hydrogens (primary N) is 2. The van der Waals surface area contributed by atoms with Crippen LogP contribution < -0.4 is 16.4 Å². The smallest absolute Gasteiger partial charge is 0.253 e. The van der Waals surface area contributed by atoms with Crippen molar-refractivity contribution in [2.45, 2.75) is 75.0 Å². The minimum Gasteiger partial charge on any atom is -0.510 e. The molecule has 3 aliphatic carbocycles. The number of aliphatic hydroxyl groups excluding tert-OH is 2.